The van der Waals surface area contributed by atoms with E-state index in [-0.39, 0.29) is 11.3 Å². The normalized spacial score (nSPS) is 15.7. The van der Waals surface area contributed by atoms with E-state index in [2.05, 4.69) is 26.1 Å². The number of methoxy groups -OCH3 is 2. The number of nitrogens with zero attached hydrogens (tertiary/aromatic N) is 1. The highest BCUT2D eigenvalue weighted by Crippen LogP contribution is 2.45. The number of nitrogens with one attached hydrogen (secondary N) is 1. The number of fused-ring (bicyclic) bond motifs is 1. The molecule has 0 aliphatic heterocycles. The lowest BCUT2D eigenvalue weighted by Crippen LogP contribution is -2.27. The number of carbonyl (C=O) groups is 1. The Kier molecular flexibility index (Phi) is 7.53. The molecule has 0 fully saturated rings. The van der Waals surface area contributed by atoms with Crippen LogP contribution < -0.4 is 14.8 Å². The van der Waals surface area contributed by atoms with Crippen molar-refractivity contribution in [2.45, 2.75) is 40.0 Å². The fourth-order valence-corrected chi connectivity index (χ4v) is 5.92. The van der Waals surface area contributed by atoms with Crippen LogP contribution in [0.2, 0.25) is 5.02 Å². The Bertz CT molecular complexity index is 1240. The molecule has 0 saturated carbocycles. The zero-order valence-electron chi connectivity index (χ0n) is 20.8. The third-order valence-corrected chi connectivity index (χ3v) is 8.01. The molecule has 5 nitrogen and oxygen atoms in total. The Morgan fingerprint density at radius 1 is 1.14 bits per heavy atom. The average molecular weight is 511 g/mol. The first-order valence-electron chi connectivity index (χ1n) is 11.7. The summed E-state index contributed by atoms with van der Waals surface area (Å²) in [6, 6.07) is 12.9. The second-order valence-corrected chi connectivity index (χ2v) is 11.3. The number of benzene rings is 2. The molecule has 0 bridgehead atoms. The van der Waals surface area contributed by atoms with E-state index >= 15 is 0 Å². The van der Waals surface area contributed by atoms with Gasteiger partial charge in [0.25, 0.3) is 5.91 Å². The van der Waals surface area contributed by atoms with Gasteiger partial charge in [-0.1, -0.05) is 32.4 Å². The molecule has 2 aromatic carbocycles. The maximum atomic E-state index is 13.5. The fourth-order valence-electron chi connectivity index (χ4n) is 4.40. The van der Waals surface area contributed by atoms with Crippen LogP contribution >= 0.6 is 22.9 Å². The molecule has 7 heteroatoms. The van der Waals surface area contributed by atoms with Crippen LogP contribution in [0.1, 0.15) is 53.6 Å². The van der Waals surface area contributed by atoms with Gasteiger partial charge in [0, 0.05) is 16.8 Å². The van der Waals surface area contributed by atoms with E-state index in [1.807, 2.05) is 24.3 Å². The summed E-state index contributed by atoms with van der Waals surface area (Å²) in [7, 11) is 3.21. The van der Waals surface area contributed by atoms with Crippen LogP contribution in [-0.2, 0) is 12.8 Å². The van der Waals surface area contributed by atoms with E-state index in [0.717, 1.165) is 41.1 Å². The molecule has 1 aliphatic carbocycles. The molecule has 1 N–H and O–H groups in total. The second kappa shape index (κ2) is 10.4. The highest BCUT2D eigenvalue weighted by Gasteiger charge is 2.33. The third-order valence-electron chi connectivity index (χ3n) is 6.55. The molecule has 3 aromatic rings. The van der Waals surface area contributed by atoms with Crippen molar-refractivity contribution in [3.63, 3.8) is 0 Å². The molecular formula is C28H31ClN2O3S. The van der Waals surface area contributed by atoms with Crippen molar-refractivity contribution in [1.29, 1.82) is 0 Å². The summed E-state index contributed by atoms with van der Waals surface area (Å²) in [5.74, 6) is 1.76. The molecule has 1 heterocycles. The summed E-state index contributed by atoms with van der Waals surface area (Å²) in [4.78, 5) is 19.6. The summed E-state index contributed by atoms with van der Waals surface area (Å²) in [5.41, 5.74) is 3.56. The maximum absolute atomic E-state index is 13.5. The Labute approximate surface area is 216 Å². The van der Waals surface area contributed by atoms with Crippen LogP contribution in [0.4, 0.5) is 10.7 Å². The van der Waals surface area contributed by atoms with Crippen molar-refractivity contribution < 1.29 is 14.3 Å². The van der Waals surface area contributed by atoms with Crippen molar-refractivity contribution in [2.24, 2.45) is 16.3 Å². The molecule has 184 valence electrons. The van der Waals surface area contributed by atoms with Crippen molar-refractivity contribution in [3.05, 3.63) is 69.1 Å². The molecule has 0 radical (unpaired) electrons. The predicted molar refractivity (Wildman–Crippen MR) is 145 cm³/mol. The van der Waals surface area contributed by atoms with Gasteiger partial charge in [-0.2, -0.15) is 0 Å². The van der Waals surface area contributed by atoms with Gasteiger partial charge in [-0.15, -0.1) is 11.3 Å². The molecule has 35 heavy (non-hydrogen) atoms. The quantitative estimate of drug-likeness (QED) is 0.348. The summed E-state index contributed by atoms with van der Waals surface area (Å²) in [6.45, 7) is 6.88. The first kappa shape index (κ1) is 25.3. The predicted octanol–water partition coefficient (Wildman–Crippen LogP) is 7.57. The highest BCUT2D eigenvalue weighted by atomic mass is 35.5. The average Bonchev–Trinajstić information content (AvgIpc) is 3.20. The van der Waals surface area contributed by atoms with Crippen LogP contribution in [-0.4, -0.2) is 26.3 Å². The number of amides is 1. The van der Waals surface area contributed by atoms with Crippen molar-refractivity contribution in [3.8, 4) is 11.5 Å². The number of carbonyl (C=O) groups excluding carboxylic acids is 1. The van der Waals surface area contributed by atoms with Gasteiger partial charge in [-0.25, -0.2) is 4.99 Å². The van der Waals surface area contributed by atoms with E-state index in [0.29, 0.717) is 27.9 Å². The van der Waals surface area contributed by atoms with Gasteiger partial charge < -0.3 is 14.8 Å². The summed E-state index contributed by atoms with van der Waals surface area (Å²) in [5, 5.41) is 4.20. The van der Waals surface area contributed by atoms with Crippen molar-refractivity contribution in [2.75, 3.05) is 19.5 Å². The largest absolute Gasteiger partial charge is 0.497 e. The lowest BCUT2D eigenvalue weighted by Gasteiger charge is -2.33. The molecule has 1 aliphatic rings. The Morgan fingerprint density at radius 3 is 2.51 bits per heavy atom. The van der Waals surface area contributed by atoms with Gasteiger partial charge in [0.15, 0.2) is 0 Å². The minimum atomic E-state index is -0.167. The number of anilines is 1. The van der Waals surface area contributed by atoms with E-state index in [1.54, 1.807) is 50.0 Å². The molecular weight excluding hydrogens is 480 g/mol. The molecule has 4 rings (SSSR count). The summed E-state index contributed by atoms with van der Waals surface area (Å²) >= 11 is 7.90. The Balaban J connectivity index is 1.68. The monoisotopic (exact) mass is 510 g/mol. The smallest absolute Gasteiger partial charge is 0.259 e. The first-order valence-corrected chi connectivity index (χ1v) is 12.9. The van der Waals surface area contributed by atoms with Crippen LogP contribution in [0, 0.1) is 11.3 Å². The second-order valence-electron chi connectivity index (χ2n) is 9.82. The molecule has 1 aromatic heterocycles. The van der Waals surface area contributed by atoms with Gasteiger partial charge in [0.1, 0.15) is 16.5 Å². The number of hydrogen-bond acceptors (Lipinski definition) is 5. The molecule has 1 amide bonds. The number of aliphatic imine (C=N–C) groups is 1. The maximum Gasteiger partial charge on any atom is 0.259 e. The number of ether oxygens (including phenoxy) is 2. The van der Waals surface area contributed by atoms with E-state index < -0.39 is 0 Å². The van der Waals surface area contributed by atoms with Gasteiger partial charge >= 0.3 is 0 Å². The Morgan fingerprint density at radius 2 is 1.89 bits per heavy atom. The van der Waals surface area contributed by atoms with Gasteiger partial charge in [0.2, 0.25) is 0 Å². The van der Waals surface area contributed by atoms with Crippen LogP contribution in [0.5, 0.6) is 11.5 Å². The number of rotatable bonds is 6. The van der Waals surface area contributed by atoms with Crippen molar-refractivity contribution in [1.82, 2.24) is 0 Å². The number of hydrogen-bond donors (Lipinski definition) is 1. The number of thiophene rings is 1. The van der Waals surface area contributed by atoms with E-state index in [9.17, 15) is 4.79 Å². The fraction of sp³-hybridized carbons (Fsp3) is 0.357. The minimum Gasteiger partial charge on any atom is -0.497 e. The van der Waals surface area contributed by atoms with E-state index in [4.69, 9.17) is 26.1 Å². The zero-order chi connectivity index (χ0) is 25.2. The van der Waals surface area contributed by atoms with Gasteiger partial charge in [-0.3, -0.25) is 4.79 Å². The molecule has 0 spiro atoms. The molecule has 1 atom stereocenters. The highest BCUT2D eigenvalue weighted by molar-refractivity contribution is 7.16. The Hall–Kier alpha value is -2.83. The lowest BCUT2D eigenvalue weighted by atomic mass is 9.72. The standard InChI is InChI=1S/C28H31ClN2O3S/c1-28(2,3)18-8-12-21-24(14-18)35-27(30-16-17-6-10-20(33-4)11-7-17)25(21)26(32)31-19-9-13-23(34-5)22(29)15-19/h6-7,9-11,13,15-16,18H,8,12,14H2,1-5H3,(H,31,32)/t18-/m0/s1. The van der Waals surface area contributed by atoms with E-state index in [1.165, 1.54) is 4.88 Å². The zero-order valence-corrected chi connectivity index (χ0v) is 22.3. The van der Waals surface area contributed by atoms with Crippen LogP contribution in [0.15, 0.2) is 47.5 Å². The van der Waals surface area contributed by atoms with Crippen LogP contribution in [0.3, 0.4) is 0 Å². The number of halogens is 1. The van der Waals surface area contributed by atoms with Crippen LogP contribution in [0.25, 0.3) is 0 Å². The topological polar surface area (TPSA) is 59.9 Å². The first-order chi connectivity index (χ1) is 16.7. The minimum absolute atomic E-state index is 0.167. The lowest BCUT2D eigenvalue weighted by molar-refractivity contribution is 0.102. The third kappa shape index (κ3) is 5.71. The summed E-state index contributed by atoms with van der Waals surface area (Å²) < 4.78 is 10.5. The SMILES string of the molecule is COc1ccc(C=Nc2sc3c(c2C(=O)Nc2ccc(OC)c(Cl)c2)CC[C@H](C(C)(C)C)C3)cc1. The van der Waals surface area contributed by atoms with Crippen molar-refractivity contribution >= 4 is 45.7 Å². The summed E-state index contributed by atoms with van der Waals surface area (Å²) in [6.07, 6.45) is 4.71. The van der Waals surface area contributed by atoms with Gasteiger partial charge in [-0.05, 0) is 84.2 Å². The molecule has 0 saturated heterocycles. The molecule has 0 unspecified atom stereocenters. The van der Waals surface area contributed by atoms with Gasteiger partial charge in [0.05, 0.1) is 24.8 Å².